The lowest BCUT2D eigenvalue weighted by atomic mass is 10.1. The molecule has 0 fully saturated rings. The minimum atomic E-state index is -0.644. The van der Waals surface area contributed by atoms with Gasteiger partial charge in [-0.1, -0.05) is 12.2 Å². The molecular formula is C10H21NO2. The molecule has 0 atom stereocenters. The first kappa shape index (κ1) is 12.6. The Balaban J connectivity index is 3.13. The molecule has 0 aromatic rings. The molecule has 3 heteroatoms. The zero-order valence-corrected chi connectivity index (χ0v) is 8.89. The minimum absolute atomic E-state index is 0.587. The van der Waals surface area contributed by atoms with E-state index in [1.54, 1.807) is 13.8 Å². The molecule has 0 bridgehead atoms. The zero-order chi connectivity index (χ0) is 10.3. The number of rotatable bonds is 7. The normalized spacial score (nSPS) is 11.7. The van der Waals surface area contributed by atoms with Crippen LogP contribution in [0.15, 0.2) is 12.2 Å². The van der Waals surface area contributed by atoms with E-state index >= 15 is 0 Å². The molecule has 0 unspecified atom stereocenters. The summed E-state index contributed by atoms with van der Waals surface area (Å²) in [6, 6.07) is 0. The van der Waals surface area contributed by atoms with Gasteiger partial charge in [-0.2, -0.15) is 0 Å². The van der Waals surface area contributed by atoms with Crippen molar-refractivity contribution >= 4 is 0 Å². The van der Waals surface area contributed by atoms with E-state index in [4.69, 9.17) is 4.74 Å². The van der Waals surface area contributed by atoms with Gasteiger partial charge in [0.1, 0.15) is 0 Å². The number of hydrogen-bond acceptors (Lipinski definition) is 3. The van der Waals surface area contributed by atoms with Crippen LogP contribution in [-0.4, -0.2) is 37.0 Å². The van der Waals surface area contributed by atoms with E-state index in [2.05, 4.69) is 11.9 Å². The summed E-state index contributed by atoms with van der Waals surface area (Å²) in [5.41, 5.74) is 0.386. The summed E-state index contributed by atoms with van der Waals surface area (Å²) in [5, 5.41) is 12.4. The van der Waals surface area contributed by atoms with Gasteiger partial charge in [0, 0.05) is 13.1 Å². The molecule has 0 aliphatic carbocycles. The van der Waals surface area contributed by atoms with Gasteiger partial charge in [-0.05, 0) is 20.8 Å². The summed E-state index contributed by atoms with van der Waals surface area (Å²) in [6.07, 6.45) is 0. The third kappa shape index (κ3) is 11.6. The molecule has 3 nitrogen and oxygen atoms in total. The second kappa shape index (κ2) is 6.13. The fourth-order valence-corrected chi connectivity index (χ4v) is 0.785. The predicted octanol–water partition coefficient (Wildman–Crippen LogP) is 0.940. The largest absolute Gasteiger partial charge is 0.389 e. The zero-order valence-electron chi connectivity index (χ0n) is 8.89. The van der Waals surface area contributed by atoms with Crippen molar-refractivity contribution in [2.75, 3.05) is 26.3 Å². The molecule has 0 saturated carbocycles. The van der Waals surface area contributed by atoms with Crippen molar-refractivity contribution in [3.05, 3.63) is 12.2 Å². The Morgan fingerprint density at radius 1 is 1.54 bits per heavy atom. The first-order valence-corrected chi connectivity index (χ1v) is 4.57. The van der Waals surface area contributed by atoms with Gasteiger partial charge in [0.15, 0.2) is 0 Å². The quantitative estimate of drug-likeness (QED) is 0.460. The number of nitrogens with one attached hydrogen (secondary N) is 1. The van der Waals surface area contributed by atoms with Crippen LogP contribution in [0.1, 0.15) is 20.8 Å². The Bertz CT molecular complexity index is 149. The number of hydrogen-bond donors (Lipinski definition) is 2. The van der Waals surface area contributed by atoms with Crippen LogP contribution in [0.4, 0.5) is 0 Å². The fraction of sp³-hybridized carbons (Fsp3) is 0.800. The molecule has 13 heavy (non-hydrogen) atoms. The van der Waals surface area contributed by atoms with Crippen molar-refractivity contribution < 1.29 is 9.84 Å². The average molecular weight is 187 g/mol. The third-order valence-electron chi connectivity index (χ3n) is 1.33. The second-order valence-electron chi connectivity index (χ2n) is 4.00. The molecule has 0 saturated heterocycles. The molecular weight excluding hydrogens is 166 g/mol. The van der Waals surface area contributed by atoms with E-state index < -0.39 is 5.60 Å². The van der Waals surface area contributed by atoms with Crippen molar-refractivity contribution in [1.29, 1.82) is 0 Å². The summed E-state index contributed by atoms with van der Waals surface area (Å²) < 4.78 is 5.27. The van der Waals surface area contributed by atoms with Gasteiger partial charge in [0.05, 0.1) is 18.8 Å². The third-order valence-corrected chi connectivity index (χ3v) is 1.33. The molecule has 2 N–H and O–H groups in total. The summed E-state index contributed by atoms with van der Waals surface area (Å²) in [6.45, 7) is 11.8. The molecule has 0 heterocycles. The maximum absolute atomic E-state index is 9.34. The SMILES string of the molecule is C=C(C)COCCNCC(C)(C)O. The molecule has 0 aromatic carbocycles. The monoisotopic (exact) mass is 187 g/mol. The van der Waals surface area contributed by atoms with E-state index in [0.29, 0.717) is 19.8 Å². The lowest BCUT2D eigenvalue weighted by Gasteiger charge is -2.17. The summed E-state index contributed by atoms with van der Waals surface area (Å²) >= 11 is 0. The van der Waals surface area contributed by atoms with E-state index in [-0.39, 0.29) is 0 Å². The standard InChI is InChI=1S/C10H21NO2/c1-9(2)7-13-6-5-11-8-10(3,4)12/h11-12H,1,5-8H2,2-4H3. The molecule has 0 aromatic heterocycles. The number of aliphatic hydroxyl groups is 1. The van der Waals surface area contributed by atoms with Crippen LogP contribution in [0.2, 0.25) is 0 Å². The van der Waals surface area contributed by atoms with Crippen molar-refractivity contribution in [2.45, 2.75) is 26.4 Å². The Hall–Kier alpha value is -0.380. The van der Waals surface area contributed by atoms with Crippen LogP contribution in [-0.2, 0) is 4.74 Å². The van der Waals surface area contributed by atoms with Crippen molar-refractivity contribution in [1.82, 2.24) is 5.32 Å². The first-order valence-electron chi connectivity index (χ1n) is 4.57. The van der Waals surface area contributed by atoms with Crippen LogP contribution in [0.25, 0.3) is 0 Å². The van der Waals surface area contributed by atoms with Crippen molar-refractivity contribution in [3.8, 4) is 0 Å². The van der Waals surface area contributed by atoms with Crippen LogP contribution >= 0.6 is 0 Å². The Morgan fingerprint density at radius 3 is 2.62 bits per heavy atom. The highest BCUT2D eigenvalue weighted by molar-refractivity contribution is 4.87. The Kier molecular flexibility index (Phi) is 5.95. The number of ether oxygens (including phenoxy) is 1. The van der Waals surface area contributed by atoms with Gasteiger partial charge in [-0.3, -0.25) is 0 Å². The maximum Gasteiger partial charge on any atom is 0.0715 e. The van der Waals surface area contributed by atoms with Gasteiger partial charge in [0.2, 0.25) is 0 Å². The molecule has 0 radical (unpaired) electrons. The highest BCUT2D eigenvalue weighted by atomic mass is 16.5. The van der Waals surface area contributed by atoms with Gasteiger partial charge >= 0.3 is 0 Å². The van der Waals surface area contributed by atoms with E-state index in [9.17, 15) is 5.11 Å². The molecule has 0 aliphatic heterocycles. The molecule has 78 valence electrons. The van der Waals surface area contributed by atoms with Gasteiger partial charge in [-0.25, -0.2) is 0 Å². The van der Waals surface area contributed by atoms with E-state index in [1.807, 2.05) is 6.92 Å². The average Bonchev–Trinajstić information content (AvgIpc) is 1.93. The Labute approximate surface area is 80.8 Å². The molecule has 0 spiro atoms. The highest BCUT2D eigenvalue weighted by Crippen LogP contribution is 1.96. The fourth-order valence-electron chi connectivity index (χ4n) is 0.785. The van der Waals surface area contributed by atoms with Crippen molar-refractivity contribution in [2.24, 2.45) is 0 Å². The van der Waals surface area contributed by atoms with E-state index in [0.717, 1.165) is 12.1 Å². The molecule has 0 amide bonds. The van der Waals surface area contributed by atoms with Crippen LogP contribution in [0.5, 0.6) is 0 Å². The topological polar surface area (TPSA) is 41.5 Å². The van der Waals surface area contributed by atoms with E-state index in [1.165, 1.54) is 0 Å². The Morgan fingerprint density at radius 2 is 2.15 bits per heavy atom. The summed E-state index contributed by atoms with van der Waals surface area (Å²) in [7, 11) is 0. The first-order chi connectivity index (χ1) is 5.92. The minimum Gasteiger partial charge on any atom is -0.389 e. The lowest BCUT2D eigenvalue weighted by molar-refractivity contribution is 0.0758. The summed E-state index contributed by atoms with van der Waals surface area (Å²) in [4.78, 5) is 0. The summed E-state index contributed by atoms with van der Waals surface area (Å²) in [5.74, 6) is 0. The molecule has 0 rings (SSSR count). The van der Waals surface area contributed by atoms with Crippen LogP contribution in [0, 0.1) is 0 Å². The van der Waals surface area contributed by atoms with Crippen LogP contribution in [0.3, 0.4) is 0 Å². The van der Waals surface area contributed by atoms with Gasteiger partial charge in [-0.15, -0.1) is 0 Å². The second-order valence-corrected chi connectivity index (χ2v) is 4.00. The van der Waals surface area contributed by atoms with Crippen molar-refractivity contribution in [3.63, 3.8) is 0 Å². The van der Waals surface area contributed by atoms with Gasteiger partial charge < -0.3 is 15.2 Å². The predicted molar refractivity (Wildman–Crippen MR) is 54.8 cm³/mol. The lowest BCUT2D eigenvalue weighted by Crippen LogP contribution is -2.36. The van der Waals surface area contributed by atoms with Gasteiger partial charge in [0.25, 0.3) is 0 Å². The smallest absolute Gasteiger partial charge is 0.0715 e. The van der Waals surface area contributed by atoms with Crippen LogP contribution < -0.4 is 5.32 Å². The highest BCUT2D eigenvalue weighted by Gasteiger charge is 2.10. The maximum atomic E-state index is 9.34. The molecule has 0 aliphatic rings.